The lowest BCUT2D eigenvalue weighted by atomic mass is 10.1. The summed E-state index contributed by atoms with van der Waals surface area (Å²) in [6.07, 6.45) is -3.41. The number of rotatable bonds is 3. The van der Waals surface area contributed by atoms with E-state index in [1.54, 1.807) is 36.6 Å². The Morgan fingerprint density at radius 1 is 0.912 bits per heavy atom. The smallest absolute Gasteiger partial charge is 0.318 e. The molecule has 1 fully saturated rings. The Morgan fingerprint density at radius 2 is 1.59 bits per heavy atom. The highest BCUT2D eigenvalue weighted by Gasteiger charge is 2.38. The number of halogens is 4. The van der Waals surface area contributed by atoms with Crippen LogP contribution in [0.3, 0.4) is 0 Å². The van der Waals surface area contributed by atoms with Gasteiger partial charge in [0.15, 0.2) is 0 Å². The van der Waals surface area contributed by atoms with E-state index in [4.69, 9.17) is 0 Å². The van der Waals surface area contributed by atoms with Crippen LogP contribution in [-0.4, -0.2) is 22.4 Å². The molecular weight excluding hydrogens is 454 g/mol. The third-order valence-electron chi connectivity index (χ3n) is 5.39. The molecule has 2 aromatic carbocycles. The number of carbonyl (C=O) groups is 3. The van der Waals surface area contributed by atoms with Gasteiger partial charge in [-0.1, -0.05) is 6.07 Å². The number of hydrogen-bond donors (Lipinski definition) is 1. The van der Waals surface area contributed by atoms with E-state index in [-0.39, 0.29) is 5.69 Å². The van der Waals surface area contributed by atoms with Crippen LogP contribution in [0, 0.1) is 19.7 Å². The van der Waals surface area contributed by atoms with Gasteiger partial charge in [-0.05, 0) is 74.0 Å². The summed E-state index contributed by atoms with van der Waals surface area (Å²) in [5.41, 5.74) is 0.685. The first kappa shape index (κ1) is 23.0. The second-order valence-electron chi connectivity index (χ2n) is 7.64. The van der Waals surface area contributed by atoms with Gasteiger partial charge >= 0.3 is 12.2 Å². The SMILES string of the molecule is Cc1cc(/C=C2/C(=O)NC(=O)N(c3cccc(C(F)(F)F)c3)C2=O)c(C)n1-c1ccc(F)cc1. The maximum absolute atomic E-state index is 13.3. The van der Waals surface area contributed by atoms with Gasteiger partial charge in [-0.2, -0.15) is 13.2 Å². The highest BCUT2D eigenvalue weighted by molar-refractivity contribution is 6.39. The summed E-state index contributed by atoms with van der Waals surface area (Å²) in [6.45, 7) is 3.50. The minimum absolute atomic E-state index is 0.326. The van der Waals surface area contributed by atoms with E-state index in [2.05, 4.69) is 0 Å². The van der Waals surface area contributed by atoms with Crippen LogP contribution in [-0.2, 0) is 15.8 Å². The molecule has 34 heavy (non-hydrogen) atoms. The molecule has 1 aromatic heterocycles. The number of aromatic nitrogens is 1. The lowest BCUT2D eigenvalue weighted by Crippen LogP contribution is -2.54. The number of hydrogen-bond acceptors (Lipinski definition) is 3. The monoisotopic (exact) mass is 471 g/mol. The molecule has 10 heteroatoms. The van der Waals surface area contributed by atoms with Crippen molar-refractivity contribution in [3.8, 4) is 5.69 Å². The first-order valence-corrected chi connectivity index (χ1v) is 10.0. The lowest BCUT2D eigenvalue weighted by molar-refractivity contribution is -0.137. The highest BCUT2D eigenvalue weighted by Crippen LogP contribution is 2.33. The molecule has 0 saturated carbocycles. The van der Waals surface area contributed by atoms with Crippen LogP contribution < -0.4 is 10.2 Å². The summed E-state index contributed by atoms with van der Waals surface area (Å²) < 4.78 is 54.4. The van der Waals surface area contributed by atoms with Crippen molar-refractivity contribution in [2.75, 3.05) is 4.90 Å². The van der Waals surface area contributed by atoms with Gasteiger partial charge in [0, 0.05) is 17.1 Å². The van der Waals surface area contributed by atoms with E-state index < -0.39 is 41.0 Å². The summed E-state index contributed by atoms with van der Waals surface area (Å²) in [5, 5.41) is 1.99. The van der Waals surface area contributed by atoms with Gasteiger partial charge in [-0.3, -0.25) is 14.9 Å². The fourth-order valence-corrected chi connectivity index (χ4v) is 3.79. The number of carbonyl (C=O) groups excluding carboxylic acids is 3. The van der Waals surface area contributed by atoms with Crippen LogP contribution >= 0.6 is 0 Å². The minimum Gasteiger partial charge on any atom is -0.318 e. The molecule has 0 spiro atoms. The van der Waals surface area contributed by atoms with E-state index in [9.17, 15) is 31.9 Å². The molecule has 174 valence electrons. The Labute approximate surface area is 191 Å². The van der Waals surface area contributed by atoms with Crippen LogP contribution in [0.15, 0.2) is 60.2 Å². The molecule has 1 N–H and O–H groups in total. The number of urea groups is 1. The standard InChI is InChI=1S/C24H17F4N3O3/c1-13-10-15(14(2)30(13)18-8-6-17(25)7-9-18)11-20-21(32)29-23(34)31(22(20)33)19-5-3-4-16(12-19)24(26,27)28/h3-12H,1-2H3,(H,29,32,34)/b20-11-. The third kappa shape index (κ3) is 4.09. The predicted molar refractivity (Wildman–Crippen MR) is 116 cm³/mol. The zero-order valence-electron chi connectivity index (χ0n) is 17.9. The normalized spacial score (nSPS) is 15.8. The molecule has 1 saturated heterocycles. The van der Waals surface area contributed by atoms with E-state index in [0.717, 1.165) is 17.8 Å². The van der Waals surface area contributed by atoms with Crippen LogP contribution in [0.25, 0.3) is 11.8 Å². The quantitative estimate of drug-likeness (QED) is 0.335. The summed E-state index contributed by atoms with van der Waals surface area (Å²) >= 11 is 0. The van der Waals surface area contributed by atoms with Crippen molar-refractivity contribution in [3.05, 3.63) is 88.5 Å². The Morgan fingerprint density at radius 3 is 2.24 bits per heavy atom. The van der Waals surface area contributed by atoms with Crippen molar-refractivity contribution in [1.29, 1.82) is 0 Å². The maximum Gasteiger partial charge on any atom is 0.416 e. The van der Waals surface area contributed by atoms with Gasteiger partial charge in [-0.25, -0.2) is 14.1 Å². The third-order valence-corrected chi connectivity index (χ3v) is 5.39. The number of alkyl halides is 3. The molecule has 4 rings (SSSR count). The zero-order valence-corrected chi connectivity index (χ0v) is 17.9. The van der Waals surface area contributed by atoms with Gasteiger partial charge in [0.25, 0.3) is 11.8 Å². The molecule has 0 radical (unpaired) electrons. The minimum atomic E-state index is -4.68. The average Bonchev–Trinajstić information content (AvgIpc) is 3.04. The van der Waals surface area contributed by atoms with Crippen LogP contribution in [0.2, 0.25) is 0 Å². The molecular formula is C24H17F4N3O3. The number of barbiturate groups is 1. The van der Waals surface area contributed by atoms with Crippen molar-refractivity contribution in [3.63, 3.8) is 0 Å². The Bertz CT molecular complexity index is 1350. The van der Waals surface area contributed by atoms with Gasteiger partial charge in [0.2, 0.25) is 0 Å². The number of benzene rings is 2. The molecule has 1 aliphatic heterocycles. The molecule has 0 atom stereocenters. The van der Waals surface area contributed by atoms with Gasteiger partial charge in [0.05, 0.1) is 11.3 Å². The zero-order chi connectivity index (χ0) is 24.8. The summed E-state index contributed by atoms with van der Waals surface area (Å²) in [5.74, 6) is -2.43. The lowest BCUT2D eigenvalue weighted by Gasteiger charge is -2.26. The van der Waals surface area contributed by atoms with Crippen molar-refractivity contribution >= 4 is 29.6 Å². The topological polar surface area (TPSA) is 71.4 Å². The van der Waals surface area contributed by atoms with Crippen molar-refractivity contribution in [1.82, 2.24) is 9.88 Å². The number of nitrogens with zero attached hydrogens (tertiary/aromatic N) is 2. The van der Waals surface area contributed by atoms with Crippen molar-refractivity contribution in [2.24, 2.45) is 0 Å². The molecule has 6 nitrogen and oxygen atoms in total. The van der Waals surface area contributed by atoms with Gasteiger partial charge < -0.3 is 4.57 Å². The van der Waals surface area contributed by atoms with Crippen molar-refractivity contribution < 1.29 is 31.9 Å². The molecule has 3 aromatic rings. The average molecular weight is 471 g/mol. The highest BCUT2D eigenvalue weighted by atomic mass is 19.4. The Hall–Kier alpha value is -4.21. The van der Waals surface area contributed by atoms with E-state index in [0.29, 0.717) is 27.9 Å². The van der Waals surface area contributed by atoms with Crippen LogP contribution in [0.1, 0.15) is 22.5 Å². The number of amides is 4. The molecule has 0 aliphatic carbocycles. The summed E-state index contributed by atoms with van der Waals surface area (Å²) in [6, 6.07) is 9.96. The number of aryl methyl sites for hydroxylation is 1. The summed E-state index contributed by atoms with van der Waals surface area (Å²) in [4.78, 5) is 38.4. The van der Waals surface area contributed by atoms with Crippen molar-refractivity contribution in [2.45, 2.75) is 20.0 Å². The fraction of sp³-hybridized carbons (Fsp3) is 0.125. The van der Waals surface area contributed by atoms with Crippen LogP contribution in [0.5, 0.6) is 0 Å². The summed E-state index contributed by atoms with van der Waals surface area (Å²) in [7, 11) is 0. The first-order chi connectivity index (χ1) is 16.0. The van der Waals surface area contributed by atoms with Gasteiger partial charge in [-0.15, -0.1) is 0 Å². The maximum atomic E-state index is 13.3. The van der Waals surface area contributed by atoms with Crippen LogP contribution in [0.4, 0.5) is 28.0 Å². The molecule has 1 aliphatic rings. The number of anilines is 1. The van der Waals surface area contributed by atoms with E-state index in [1.807, 2.05) is 5.32 Å². The van der Waals surface area contributed by atoms with E-state index >= 15 is 0 Å². The number of imide groups is 2. The molecule has 0 unspecified atom stereocenters. The number of nitrogens with one attached hydrogen (secondary N) is 1. The molecule has 2 heterocycles. The Kier molecular flexibility index (Phi) is 5.60. The largest absolute Gasteiger partial charge is 0.416 e. The van der Waals surface area contributed by atoms with E-state index in [1.165, 1.54) is 24.3 Å². The second-order valence-corrected chi connectivity index (χ2v) is 7.64. The Balaban J connectivity index is 1.75. The molecule has 0 bridgehead atoms. The fourth-order valence-electron chi connectivity index (χ4n) is 3.79. The second kappa shape index (κ2) is 8.29. The first-order valence-electron chi connectivity index (χ1n) is 10.0. The predicted octanol–water partition coefficient (Wildman–Crippen LogP) is 4.92. The molecule has 4 amide bonds. The van der Waals surface area contributed by atoms with Gasteiger partial charge in [0.1, 0.15) is 11.4 Å².